The molecule has 3 atom stereocenters. The monoisotopic (exact) mass is 518 g/mol. The van der Waals surface area contributed by atoms with Gasteiger partial charge in [-0.2, -0.15) is 0 Å². The topological polar surface area (TPSA) is 28.4 Å². The molecule has 164 valence electrons. The molecule has 0 aromatic heterocycles. The van der Waals surface area contributed by atoms with Gasteiger partial charge in [-0.25, -0.2) is 0 Å². The number of aryl methyl sites for hydroxylation is 3. The Balaban J connectivity index is 2.22. The molecule has 0 aliphatic carbocycles. The van der Waals surface area contributed by atoms with Crippen LogP contribution < -0.4 is 31.8 Å². The van der Waals surface area contributed by atoms with Crippen molar-refractivity contribution in [3.8, 4) is 0 Å². The molecule has 4 heteroatoms. The van der Waals surface area contributed by atoms with Crippen molar-refractivity contribution in [2.45, 2.75) is 78.9 Å². The van der Waals surface area contributed by atoms with Crippen LogP contribution in [0.25, 0.3) is 4.85 Å². The van der Waals surface area contributed by atoms with Gasteiger partial charge in [0.15, 0.2) is 0 Å². The van der Waals surface area contributed by atoms with E-state index < -0.39 is 0 Å². The van der Waals surface area contributed by atoms with Crippen LogP contribution in [0, 0.1) is 17.1 Å². The Hall–Kier alpha value is -1.74. The molecule has 3 nitrogen and oxygen atoms in total. The van der Waals surface area contributed by atoms with Crippen molar-refractivity contribution < 1.29 is 21.2 Å². The molecule has 0 spiro atoms. The number of halogens is 1. The predicted octanol–water partition coefficient (Wildman–Crippen LogP) is 3.38. The number of alkyl halides is 1. The van der Waals surface area contributed by atoms with Gasteiger partial charge in [-0.3, -0.25) is 0 Å². The van der Waals surface area contributed by atoms with Crippen LogP contribution in [0.2, 0.25) is 0 Å². The summed E-state index contributed by atoms with van der Waals surface area (Å²) in [6.45, 7) is 21.0. The Kier molecular flexibility index (Phi) is 9.97. The van der Waals surface area contributed by atoms with Gasteiger partial charge in [-0.15, -0.1) is 0 Å². The average molecular weight is 519 g/mol. The molecule has 2 N–H and O–H groups in total. The zero-order chi connectivity index (χ0) is 22.1. The third-order valence-electron chi connectivity index (χ3n) is 5.57. The maximum absolute atomic E-state index is 7.92. The van der Waals surface area contributed by atoms with Crippen LogP contribution in [-0.2, 0) is 12.8 Å². The zero-order valence-corrected chi connectivity index (χ0v) is 21.5. The van der Waals surface area contributed by atoms with Crippen molar-refractivity contribution >= 4 is 11.4 Å². The molecule has 0 saturated heterocycles. The molecule has 3 unspecified atom stereocenters. The fourth-order valence-corrected chi connectivity index (χ4v) is 6.38. The average Bonchev–Trinajstić information content (AvgIpc) is 2.74. The summed E-state index contributed by atoms with van der Waals surface area (Å²) in [4.78, 5) is 4.05. The quantitative estimate of drug-likeness (QED) is 0.271. The van der Waals surface area contributed by atoms with Gasteiger partial charge in [-0.1, -0.05) is 0 Å². The maximum atomic E-state index is 7.92. The van der Waals surface area contributed by atoms with Crippen molar-refractivity contribution in [1.82, 2.24) is 0 Å². The molecule has 2 aromatic carbocycles. The van der Waals surface area contributed by atoms with Crippen molar-refractivity contribution in [3.63, 3.8) is 0 Å². The third-order valence-corrected chi connectivity index (χ3v) is 8.90. The molecule has 0 aliphatic rings. The summed E-state index contributed by atoms with van der Waals surface area (Å²) in [7, 11) is 0. The fourth-order valence-electron chi connectivity index (χ4n) is 3.83. The molecule has 0 amide bonds. The van der Waals surface area contributed by atoms with E-state index in [-0.39, 0.29) is 39.3 Å². The Labute approximate surface area is 194 Å². The van der Waals surface area contributed by atoms with Gasteiger partial charge in [0, 0.05) is 0 Å². The standard InChI is InChI=1S/C26H37IN3/c1-8-17-27-23-16-11-13-18(4)24(23)29-19(5)25(28-7)20(6)30-26-21(9-2)14-12-15-22(26)10-3/h11-16,19-20,25,29-30H,8-10,17H2,1-6H3/q-1. The summed E-state index contributed by atoms with van der Waals surface area (Å²) in [5.74, 6) is 0. The minimum atomic E-state index is -0.156. The predicted molar refractivity (Wildman–Crippen MR) is 127 cm³/mol. The number of nitrogens with one attached hydrogen (secondary N) is 2. The number of benzene rings is 2. The van der Waals surface area contributed by atoms with E-state index in [2.05, 4.69) is 93.4 Å². The zero-order valence-electron chi connectivity index (χ0n) is 19.3. The Morgan fingerprint density at radius 2 is 1.47 bits per heavy atom. The van der Waals surface area contributed by atoms with Crippen LogP contribution in [0.5, 0.6) is 0 Å². The van der Waals surface area contributed by atoms with Crippen LogP contribution in [0.1, 0.15) is 57.7 Å². The first-order valence-electron chi connectivity index (χ1n) is 11.2. The second kappa shape index (κ2) is 12.2. The summed E-state index contributed by atoms with van der Waals surface area (Å²) in [5, 5.41) is 7.45. The van der Waals surface area contributed by atoms with E-state index in [9.17, 15) is 0 Å². The van der Waals surface area contributed by atoms with Crippen LogP contribution in [0.4, 0.5) is 11.4 Å². The summed E-state index contributed by atoms with van der Waals surface area (Å²) in [6, 6.07) is 13.1. The molecule has 0 heterocycles. The molecular formula is C26H37IN3-. The number of hydrogen-bond donors (Lipinski definition) is 2. The summed E-state index contributed by atoms with van der Waals surface area (Å²) < 4.78 is 2.76. The van der Waals surface area contributed by atoms with Gasteiger partial charge in [0.1, 0.15) is 0 Å². The molecular weight excluding hydrogens is 481 g/mol. The number of hydrogen-bond acceptors (Lipinski definition) is 2. The number of para-hydroxylation sites is 2. The molecule has 0 saturated carbocycles. The van der Waals surface area contributed by atoms with Crippen molar-refractivity contribution in [3.05, 3.63) is 68.1 Å². The molecule has 2 aromatic rings. The van der Waals surface area contributed by atoms with E-state index >= 15 is 0 Å². The first-order valence-corrected chi connectivity index (χ1v) is 13.8. The Morgan fingerprint density at radius 1 is 0.900 bits per heavy atom. The fraction of sp³-hybridized carbons (Fsp3) is 0.500. The number of rotatable bonds is 11. The van der Waals surface area contributed by atoms with Crippen LogP contribution >= 0.6 is 0 Å². The molecule has 0 bridgehead atoms. The van der Waals surface area contributed by atoms with Crippen LogP contribution in [0.15, 0.2) is 36.4 Å². The number of anilines is 2. The molecule has 2 rings (SSSR count). The summed E-state index contributed by atoms with van der Waals surface area (Å²) >= 11 is 0.00640. The van der Waals surface area contributed by atoms with Gasteiger partial charge in [-0.05, 0) is 0 Å². The van der Waals surface area contributed by atoms with Crippen molar-refractivity contribution in [2.24, 2.45) is 0 Å². The van der Waals surface area contributed by atoms with Gasteiger partial charge in [0.25, 0.3) is 0 Å². The molecule has 0 aliphatic heterocycles. The SMILES string of the molecule is [C-]#[N+]C(C(C)Nc1c(CC)cccc1CC)C(C)Nc1c(C)cccc1[I-]CCC. The number of nitrogens with zero attached hydrogens (tertiary/aromatic N) is 1. The molecule has 0 radical (unpaired) electrons. The van der Waals surface area contributed by atoms with Gasteiger partial charge < -0.3 is 0 Å². The molecule has 0 fully saturated rings. The van der Waals surface area contributed by atoms with Gasteiger partial charge in [0.2, 0.25) is 0 Å². The summed E-state index contributed by atoms with van der Waals surface area (Å²) in [6.07, 6.45) is 3.22. The first-order chi connectivity index (χ1) is 14.5. The second-order valence-corrected chi connectivity index (χ2v) is 10.9. The van der Waals surface area contributed by atoms with Crippen molar-refractivity contribution in [1.29, 1.82) is 0 Å². The Morgan fingerprint density at radius 3 is 2.00 bits per heavy atom. The van der Waals surface area contributed by atoms with E-state index in [1.807, 2.05) is 0 Å². The van der Waals surface area contributed by atoms with Crippen molar-refractivity contribution in [2.75, 3.05) is 15.1 Å². The molecule has 30 heavy (non-hydrogen) atoms. The minimum absolute atomic E-state index is 0.00640. The van der Waals surface area contributed by atoms with E-state index in [1.165, 1.54) is 42.5 Å². The van der Waals surface area contributed by atoms with E-state index in [1.54, 1.807) is 0 Å². The van der Waals surface area contributed by atoms with Gasteiger partial charge >= 0.3 is 195 Å². The van der Waals surface area contributed by atoms with E-state index in [4.69, 9.17) is 6.57 Å². The second-order valence-electron chi connectivity index (χ2n) is 7.90. The summed E-state index contributed by atoms with van der Waals surface area (Å²) in [5.41, 5.74) is 6.42. The Bertz CT molecular complexity index is 834. The first kappa shape index (κ1) is 24.5. The normalized spacial score (nSPS) is 14.0. The van der Waals surface area contributed by atoms with E-state index in [0.717, 1.165) is 12.8 Å². The van der Waals surface area contributed by atoms with Gasteiger partial charge in [0.05, 0.1) is 0 Å². The third kappa shape index (κ3) is 6.14. The van der Waals surface area contributed by atoms with Crippen LogP contribution in [0.3, 0.4) is 0 Å². The van der Waals surface area contributed by atoms with Crippen LogP contribution in [-0.4, -0.2) is 22.6 Å². The van der Waals surface area contributed by atoms with E-state index in [0.29, 0.717) is 0 Å².